The van der Waals surface area contributed by atoms with Gasteiger partial charge in [-0.25, -0.2) is 0 Å². The summed E-state index contributed by atoms with van der Waals surface area (Å²) < 4.78 is 2.34. The highest BCUT2D eigenvalue weighted by Crippen LogP contribution is 2.42. The van der Waals surface area contributed by atoms with Crippen molar-refractivity contribution >= 4 is 38.9 Å². The summed E-state index contributed by atoms with van der Waals surface area (Å²) in [6.07, 6.45) is 0. The van der Waals surface area contributed by atoms with Crippen LogP contribution in [0.1, 0.15) is 5.56 Å². The molecule has 0 N–H and O–H groups in total. The fraction of sp³-hybridized carbons (Fsp3) is 0. The lowest BCUT2D eigenvalue weighted by Crippen LogP contribution is -2.09. The molecule has 0 aliphatic rings. The van der Waals surface area contributed by atoms with Crippen molar-refractivity contribution in [2.45, 2.75) is 0 Å². The molecule has 0 saturated carbocycles. The van der Waals surface area contributed by atoms with Crippen LogP contribution >= 0.6 is 0 Å². The van der Waals surface area contributed by atoms with Crippen LogP contribution in [0.5, 0.6) is 0 Å². The Morgan fingerprint density at radius 1 is 0.435 bits per heavy atom. The number of fused-ring (bicyclic) bond motifs is 3. The van der Waals surface area contributed by atoms with Gasteiger partial charge in [-0.15, -0.1) is 0 Å². The number of nitrogens with zero attached hydrogens (tertiary/aromatic N) is 3. The minimum absolute atomic E-state index is 0.672. The van der Waals surface area contributed by atoms with E-state index in [-0.39, 0.29) is 0 Å². The predicted octanol–water partition coefficient (Wildman–Crippen LogP) is 11.5. The maximum Gasteiger partial charge on any atom is 0.100 e. The van der Waals surface area contributed by atoms with Gasteiger partial charge in [-0.2, -0.15) is 5.26 Å². The Kier molecular flexibility index (Phi) is 6.87. The third kappa shape index (κ3) is 4.61. The van der Waals surface area contributed by atoms with E-state index in [1.165, 1.54) is 10.8 Å². The van der Waals surface area contributed by atoms with E-state index in [0.717, 1.165) is 56.0 Å². The average molecular weight is 588 g/mol. The zero-order valence-electron chi connectivity index (χ0n) is 25.1. The van der Waals surface area contributed by atoms with Crippen molar-refractivity contribution in [3.63, 3.8) is 0 Å². The number of benzene rings is 7. The maximum absolute atomic E-state index is 10.5. The normalized spacial score (nSPS) is 11.0. The zero-order chi connectivity index (χ0) is 30.9. The van der Waals surface area contributed by atoms with Crippen LogP contribution in [0, 0.1) is 11.3 Å². The Morgan fingerprint density at radius 3 is 1.72 bits per heavy atom. The highest BCUT2D eigenvalue weighted by Gasteiger charge is 2.20. The molecule has 0 atom stereocenters. The van der Waals surface area contributed by atoms with Crippen LogP contribution in [0.3, 0.4) is 0 Å². The first-order chi connectivity index (χ1) is 22.8. The summed E-state index contributed by atoms with van der Waals surface area (Å²) in [6, 6.07) is 63.6. The fourth-order valence-electron chi connectivity index (χ4n) is 6.61. The second kappa shape index (κ2) is 11.6. The summed E-state index contributed by atoms with van der Waals surface area (Å²) >= 11 is 0. The van der Waals surface area contributed by atoms with Gasteiger partial charge in [0, 0.05) is 44.5 Å². The van der Waals surface area contributed by atoms with E-state index in [1.807, 2.05) is 36.4 Å². The number of aromatic nitrogens is 1. The molecule has 0 aliphatic carbocycles. The van der Waals surface area contributed by atoms with Crippen LogP contribution in [0.15, 0.2) is 176 Å². The van der Waals surface area contributed by atoms with Gasteiger partial charge >= 0.3 is 0 Å². The SMILES string of the molecule is N#Cc1c(-c2ccccc2)cccc1-c1ccccc1-n1c2ccccc2c2cc(N(c3ccccc3)c3ccccc3)ccc21. The molecule has 3 heteroatoms. The summed E-state index contributed by atoms with van der Waals surface area (Å²) in [4.78, 5) is 2.30. The van der Waals surface area contributed by atoms with Crippen molar-refractivity contribution < 1.29 is 0 Å². The summed E-state index contributed by atoms with van der Waals surface area (Å²) in [5.74, 6) is 0. The molecule has 0 unspecified atom stereocenters. The Balaban J connectivity index is 1.36. The maximum atomic E-state index is 10.5. The van der Waals surface area contributed by atoms with Gasteiger partial charge in [0.2, 0.25) is 0 Å². The van der Waals surface area contributed by atoms with E-state index < -0.39 is 0 Å². The van der Waals surface area contributed by atoms with E-state index in [2.05, 4.69) is 155 Å². The summed E-state index contributed by atoms with van der Waals surface area (Å²) in [6.45, 7) is 0. The first-order valence-corrected chi connectivity index (χ1v) is 15.4. The van der Waals surface area contributed by atoms with Gasteiger partial charge in [0.1, 0.15) is 6.07 Å². The van der Waals surface area contributed by atoms with E-state index in [1.54, 1.807) is 0 Å². The third-order valence-electron chi connectivity index (χ3n) is 8.64. The molecule has 3 nitrogen and oxygen atoms in total. The fourth-order valence-corrected chi connectivity index (χ4v) is 6.61. The van der Waals surface area contributed by atoms with Gasteiger partial charge in [-0.3, -0.25) is 0 Å². The molecule has 7 aromatic carbocycles. The topological polar surface area (TPSA) is 32.0 Å². The molecule has 1 aromatic heterocycles. The summed E-state index contributed by atoms with van der Waals surface area (Å²) in [7, 11) is 0. The van der Waals surface area contributed by atoms with Crippen molar-refractivity contribution in [2.75, 3.05) is 4.90 Å². The second-order valence-corrected chi connectivity index (χ2v) is 11.3. The molecule has 1 heterocycles. The standard InChI is InChI=1S/C43H29N3/c44-30-40-35(31-15-4-1-5-16-31)23-14-24-36(40)37-21-10-12-25-41(37)46-42-26-13-11-22-38(42)39-29-34(27-28-43(39)46)45(32-17-6-2-7-18-32)33-19-8-3-9-20-33/h1-29H. The van der Waals surface area contributed by atoms with Crippen LogP contribution in [-0.4, -0.2) is 4.57 Å². The Labute approximate surface area is 268 Å². The van der Waals surface area contributed by atoms with Crippen molar-refractivity contribution in [3.8, 4) is 34.0 Å². The van der Waals surface area contributed by atoms with Crippen LogP contribution in [0.4, 0.5) is 17.1 Å². The Hall–Kier alpha value is -6.37. The largest absolute Gasteiger partial charge is 0.310 e. The van der Waals surface area contributed by atoms with Crippen LogP contribution in [0.25, 0.3) is 49.7 Å². The van der Waals surface area contributed by atoms with Crippen molar-refractivity contribution in [2.24, 2.45) is 0 Å². The molecule has 0 bridgehead atoms. The lowest BCUT2D eigenvalue weighted by atomic mass is 9.91. The first-order valence-electron chi connectivity index (χ1n) is 15.4. The molecule has 0 spiro atoms. The number of hydrogen-bond donors (Lipinski definition) is 0. The van der Waals surface area contributed by atoms with E-state index in [4.69, 9.17) is 0 Å². The van der Waals surface area contributed by atoms with E-state index in [9.17, 15) is 5.26 Å². The number of anilines is 3. The zero-order valence-corrected chi connectivity index (χ0v) is 25.1. The lowest BCUT2D eigenvalue weighted by Gasteiger charge is -2.25. The van der Waals surface area contributed by atoms with Crippen LogP contribution in [-0.2, 0) is 0 Å². The van der Waals surface area contributed by atoms with Gasteiger partial charge in [0.25, 0.3) is 0 Å². The first kappa shape index (κ1) is 27.2. The monoisotopic (exact) mass is 587 g/mol. The van der Waals surface area contributed by atoms with Gasteiger partial charge in [-0.1, -0.05) is 121 Å². The highest BCUT2D eigenvalue weighted by molar-refractivity contribution is 6.11. The number of rotatable bonds is 6. The molecule has 0 radical (unpaired) electrons. The third-order valence-corrected chi connectivity index (χ3v) is 8.64. The number of nitriles is 1. The van der Waals surface area contributed by atoms with Gasteiger partial charge in [0.15, 0.2) is 0 Å². The van der Waals surface area contributed by atoms with Crippen molar-refractivity contribution in [3.05, 3.63) is 181 Å². The van der Waals surface area contributed by atoms with Crippen molar-refractivity contribution in [1.29, 1.82) is 5.26 Å². The molecule has 8 rings (SSSR count). The van der Waals surface area contributed by atoms with Crippen LogP contribution < -0.4 is 4.90 Å². The van der Waals surface area contributed by atoms with Gasteiger partial charge in [0.05, 0.1) is 22.3 Å². The molecule has 0 fully saturated rings. The summed E-state index contributed by atoms with van der Waals surface area (Å²) in [5.41, 5.74) is 11.1. The Morgan fingerprint density at radius 2 is 1.00 bits per heavy atom. The van der Waals surface area contributed by atoms with Gasteiger partial charge in [-0.05, 0) is 60.2 Å². The lowest BCUT2D eigenvalue weighted by molar-refractivity contribution is 1.18. The minimum Gasteiger partial charge on any atom is -0.310 e. The predicted molar refractivity (Wildman–Crippen MR) is 191 cm³/mol. The second-order valence-electron chi connectivity index (χ2n) is 11.3. The van der Waals surface area contributed by atoms with Crippen molar-refractivity contribution in [1.82, 2.24) is 4.57 Å². The molecule has 46 heavy (non-hydrogen) atoms. The molecular formula is C43H29N3. The molecule has 0 aliphatic heterocycles. The highest BCUT2D eigenvalue weighted by atomic mass is 15.1. The molecule has 0 amide bonds. The number of para-hydroxylation sites is 4. The van der Waals surface area contributed by atoms with E-state index >= 15 is 0 Å². The Bertz CT molecular complexity index is 2330. The summed E-state index contributed by atoms with van der Waals surface area (Å²) in [5, 5.41) is 12.8. The minimum atomic E-state index is 0.672. The molecule has 0 saturated heterocycles. The van der Waals surface area contributed by atoms with Crippen LogP contribution in [0.2, 0.25) is 0 Å². The van der Waals surface area contributed by atoms with Gasteiger partial charge < -0.3 is 9.47 Å². The quantitative estimate of drug-likeness (QED) is 0.194. The average Bonchev–Trinajstić information content (AvgIpc) is 3.46. The molecular weight excluding hydrogens is 558 g/mol. The smallest absolute Gasteiger partial charge is 0.100 e. The molecule has 8 aromatic rings. The van der Waals surface area contributed by atoms with E-state index in [0.29, 0.717) is 5.56 Å². The molecule has 216 valence electrons. The number of hydrogen-bond acceptors (Lipinski definition) is 2.